The average Bonchev–Trinajstić information content (AvgIpc) is 2.27. The fraction of sp³-hybridized carbons (Fsp3) is 0.200. The summed E-state index contributed by atoms with van der Waals surface area (Å²) < 4.78 is 10.1. The Hall–Kier alpha value is -1.82. The number of benzene rings is 1. The largest absolute Gasteiger partial charge is 0.493 e. The molecule has 1 aromatic heterocycles. The number of aromatic nitrogens is 1. The lowest BCUT2D eigenvalue weighted by Crippen LogP contribution is -2.02. The molecule has 0 aliphatic rings. The zero-order chi connectivity index (χ0) is 11.7. The third kappa shape index (κ3) is 1.67. The van der Waals surface area contributed by atoms with Crippen LogP contribution < -0.4 is 19.9 Å². The second-order valence-electron chi connectivity index (χ2n) is 3.06. The molecule has 0 amide bonds. The van der Waals surface area contributed by atoms with E-state index in [-0.39, 0.29) is 9.87 Å². The standard InChI is InChI=1S/C10H10N2O3S/c1-14-7-3-5-6(4-8(7)15-2)12-10(11)16-9(5)13/h3-4H,1-2H3,(H2,11,12). The van der Waals surface area contributed by atoms with Crippen LogP contribution in [0.4, 0.5) is 5.13 Å². The molecule has 5 nitrogen and oxygen atoms in total. The monoisotopic (exact) mass is 238 g/mol. The van der Waals surface area contributed by atoms with Gasteiger partial charge in [-0.15, -0.1) is 0 Å². The second-order valence-corrected chi connectivity index (χ2v) is 4.06. The maximum absolute atomic E-state index is 11.7. The van der Waals surface area contributed by atoms with Crippen LogP contribution in [-0.4, -0.2) is 19.2 Å². The van der Waals surface area contributed by atoms with Gasteiger partial charge in [0.1, 0.15) is 0 Å². The van der Waals surface area contributed by atoms with Gasteiger partial charge >= 0.3 is 0 Å². The van der Waals surface area contributed by atoms with Crippen molar-refractivity contribution in [3.05, 3.63) is 21.7 Å². The van der Waals surface area contributed by atoms with Crippen LogP contribution in [0.3, 0.4) is 0 Å². The maximum atomic E-state index is 11.7. The highest BCUT2D eigenvalue weighted by Gasteiger charge is 2.10. The first kappa shape index (κ1) is 10.7. The normalized spacial score (nSPS) is 10.4. The third-order valence-electron chi connectivity index (χ3n) is 2.15. The van der Waals surface area contributed by atoms with Crippen LogP contribution in [0, 0.1) is 0 Å². The zero-order valence-corrected chi connectivity index (χ0v) is 9.63. The van der Waals surface area contributed by atoms with Crippen LogP contribution in [0.25, 0.3) is 10.9 Å². The van der Waals surface area contributed by atoms with Crippen LogP contribution in [0.2, 0.25) is 0 Å². The molecule has 0 radical (unpaired) electrons. The zero-order valence-electron chi connectivity index (χ0n) is 8.81. The molecule has 0 fully saturated rings. The highest BCUT2D eigenvalue weighted by molar-refractivity contribution is 7.13. The van der Waals surface area contributed by atoms with Crippen molar-refractivity contribution in [2.45, 2.75) is 0 Å². The van der Waals surface area contributed by atoms with Crippen molar-refractivity contribution in [2.24, 2.45) is 0 Å². The minimum Gasteiger partial charge on any atom is -0.493 e. The molecule has 0 atom stereocenters. The molecule has 0 spiro atoms. The van der Waals surface area contributed by atoms with E-state index in [2.05, 4.69) is 4.98 Å². The van der Waals surface area contributed by atoms with E-state index in [1.165, 1.54) is 14.2 Å². The summed E-state index contributed by atoms with van der Waals surface area (Å²) in [5.74, 6) is 1.03. The number of nitrogens with zero attached hydrogens (tertiary/aromatic N) is 1. The number of methoxy groups -OCH3 is 2. The number of hydrogen-bond donors (Lipinski definition) is 1. The summed E-state index contributed by atoms with van der Waals surface area (Å²) in [5, 5.41) is 0.724. The fourth-order valence-corrected chi connectivity index (χ4v) is 2.02. The van der Waals surface area contributed by atoms with Crippen LogP contribution >= 0.6 is 11.3 Å². The molecule has 6 heteroatoms. The summed E-state index contributed by atoms with van der Waals surface area (Å²) in [6.07, 6.45) is 0. The number of anilines is 1. The predicted molar refractivity (Wildman–Crippen MR) is 63.4 cm³/mol. The number of ether oxygens (including phenoxy) is 2. The van der Waals surface area contributed by atoms with Crippen molar-refractivity contribution >= 4 is 27.4 Å². The maximum Gasteiger partial charge on any atom is 0.245 e. The van der Waals surface area contributed by atoms with E-state index < -0.39 is 0 Å². The van der Waals surface area contributed by atoms with Gasteiger partial charge in [-0.2, -0.15) is 0 Å². The van der Waals surface area contributed by atoms with Crippen molar-refractivity contribution in [1.82, 2.24) is 4.98 Å². The number of fused-ring (bicyclic) bond motifs is 1. The molecular weight excluding hydrogens is 228 g/mol. The van der Waals surface area contributed by atoms with E-state index in [0.29, 0.717) is 22.4 Å². The first-order chi connectivity index (χ1) is 7.65. The van der Waals surface area contributed by atoms with Crippen molar-refractivity contribution in [3.63, 3.8) is 0 Å². The molecule has 84 valence electrons. The van der Waals surface area contributed by atoms with Crippen molar-refractivity contribution < 1.29 is 9.47 Å². The van der Waals surface area contributed by atoms with Gasteiger partial charge in [0.2, 0.25) is 4.74 Å². The Balaban J connectivity index is 2.83. The first-order valence-electron chi connectivity index (χ1n) is 4.48. The molecule has 2 aromatic rings. The van der Waals surface area contributed by atoms with Gasteiger partial charge < -0.3 is 15.2 Å². The average molecular weight is 238 g/mol. The van der Waals surface area contributed by atoms with Crippen molar-refractivity contribution in [2.75, 3.05) is 20.0 Å². The highest BCUT2D eigenvalue weighted by atomic mass is 32.1. The summed E-state index contributed by atoms with van der Waals surface area (Å²) in [7, 11) is 3.04. The topological polar surface area (TPSA) is 74.4 Å². The summed E-state index contributed by atoms with van der Waals surface area (Å²) in [5.41, 5.74) is 6.04. The van der Waals surface area contributed by atoms with Crippen molar-refractivity contribution in [3.8, 4) is 11.5 Å². The van der Waals surface area contributed by atoms with Crippen LogP contribution in [0.1, 0.15) is 0 Å². The van der Waals surface area contributed by atoms with Gasteiger partial charge in [-0.1, -0.05) is 11.3 Å². The molecule has 2 rings (SSSR count). The summed E-state index contributed by atoms with van der Waals surface area (Å²) in [6.45, 7) is 0. The van der Waals surface area contributed by atoms with Gasteiger partial charge in [-0.25, -0.2) is 4.98 Å². The lowest BCUT2D eigenvalue weighted by molar-refractivity contribution is 0.356. The lowest BCUT2D eigenvalue weighted by atomic mass is 10.2. The summed E-state index contributed by atoms with van der Waals surface area (Å²) >= 11 is 0.909. The second kappa shape index (κ2) is 3.97. The van der Waals surface area contributed by atoms with Gasteiger partial charge in [0.25, 0.3) is 0 Å². The molecule has 16 heavy (non-hydrogen) atoms. The lowest BCUT2D eigenvalue weighted by Gasteiger charge is -2.08. The van der Waals surface area contributed by atoms with Gasteiger partial charge in [-0.05, 0) is 6.07 Å². The first-order valence-corrected chi connectivity index (χ1v) is 5.29. The SMILES string of the molecule is COc1cc2nc(N)sc(=O)c2cc1OC. The van der Waals surface area contributed by atoms with E-state index in [9.17, 15) is 4.79 Å². The molecule has 2 N–H and O–H groups in total. The molecule has 1 heterocycles. The Morgan fingerprint density at radius 3 is 2.50 bits per heavy atom. The number of nitrogen functional groups attached to an aromatic ring is 1. The molecule has 0 saturated carbocycles. The molecule has 0 aliphatic heterocycles. The molecular formula is C10H10N2O3S. The van der Waals surface area contributed by atoms with Gasteiger partial charge in [-0.3, -0.25) is 4.79 Å². The van der Waals surface area contributed by atoms with E-state index in [4.69, 9.17) is 15.2 Å². The Kier molecular flexibility index (Phi) is 2.66. The quantitative estimate of drug-likeness (QED) is 0.852. The number of hydrogen-bond acceptors (Lipinski definition) is 6. The Bertz CT molecular complexity index is 594. The molecule has 1 aromatic carbocycles. The number of nitrogens with two attached hydrogens (primary N) is 1. The number of rotatable bonds is 2. The van der Waals surface area contributed by atoms with Gasteiger partial charge in [0.15, 0.2) is 16.6 Å². The molecule has 0 aliphatic carbocycles. The Morgan fingerprint density at radius 2 is 1.88 bits per heavy atom. The third-order valence-corrected chi connectivity index (χ3v) is 2.86. The predicted octanol–water partition coefficient (Wildman–Crippen LogP) is 1.26. The van der Waals surface area contributed by atoms with Crippen molar-refractivity contribution in [1.29, 1.82) is 0 Å². The highest BCUT2D eigenvalue weighted by Crippen LogP contribution is 2.30. The molecule has 0 saturated heterocycles. The Labute approximate surface area is 95.4 Å². The summed E-state index contributed by atoms with van der Waals surface area (Å²) in [6, 6.07) is 3.25. The molecule has 0 bridgehead atoms. The van der Waals surface area contributed by atoms with Gasteiger partial charge in [0, 0.05) is 6.07 Å². The van der Waals surface area contributed by atoms with Crippen LogP contribution in [0.15, 0.2) is 16.9 Å². The van der Waals surface area contributed by atoms with E-state index in [1.807, 2.05) is 0 Å². The van der Waals surface area contributed by atoms with E-state index >= 15 is 0 Å². The van der Waals surface area contributed by atoms with Crippen LogP contribution in [-0.2, 0) is 0 Å². The minimum absolute atomic E-state index is 0.136. The smallest absolute Gasteiger partial charge is 0.245 e. The molecule has 0 unspecified atom stereocenters. The van der Waals surface area contributed by atoms with Gasteiger partial charge in [0.05, 0.1) is 25.1 Å². The van der Waals surface area contributed by atoms with E-state index in [0.717, 1.165) is 11.3 Å². The Morgan fingerprint density at radius 1 is 1.25 bits per heavy atom. The summed E-state index contributed by atoms with van der Waals surface area (Å²) in [4.78, 5) is 15.8. The van der Waals surface area contributed by atoms with E-state index in [1.54, 1.807) is 12.1 Å². The fourth-order valence-electron chi connectivity index (χ4n) is 1.42. The minimum atomic E-state index is -0.136. The van der Waals surface area contributed by atoms with Crippen LogP contribution in [0.5, 0.6) is 11.5 Å².